The molecule has 0 amide bonds. The second kappa shape index (κ2) is 7.93. The molecule has 0 saturated heterocycles. The lowest BCUT2D eigenvalue weighted by molar-refractivity contribution is 0.165. The van der Waals surface area contributed by atoms with Gasteiger partial charge in [0.05, 0.1) is 0 Å². The van der Waals surface area contributed by atoms with Gasteiger partial charge in [-0.2, -0.15) is 11.8 Å². The van der Waals surface area contributed by atoms with Gasteiger partial charge in [-0.05, 0) is 55.2 Å². The second-order valence-corrected chi connectivity index (χ2v) is 8.97. The van der Waals surface area contributed by atoms with Crippen molar-refractivity contribution in [2.45, 2.75) is 78.5 Å². The van der Waals surface area contributed by atoms with Crippen LogP contribution in [-0.4, -0.2) is 23.6 Å². The van der Waals surface area contributed by atoms with Crippen molar-refractivity contribution in [3.63, 3.8) is 0 Å². The predicted molar refractivity (Wildman–Crippen MR) is 90.0 cm³/mol. The van der Waals surface area contributed by atoms with Crippen molar-refractivity contribution in [3.05, 3.63) is 0 Å². The van der Waals surface area contributed by atoms with Crippen LogP contribution in [0, 0.1) is 17.3 Å². The number of thioether (sulfide) groups is 1. The van der Waals surface area contributed by atoms with E-state index >= 15 is 0 Å². The number of nitrogens with one attached hydrogen (secondary N) is 1. The van der Waals surface area contributed by atoms with Crippen LogP contribution in [-0.2, 0) is 0 Å². The summed E-state index contributed by atoms with van der Waals surface area (Å²) in [7, 11) is 0. The first-order chi connectivity index (χ1) is 8.84. The van der Waals surface area contributed by atoms with Gasteiger partial charge >= 0.3 is 0 Å². The fourth-order valence-electron chi connectivity index (χ4n) is 2.98. The van der Waals surface area contributed by atoms with E-state index in [1.165, 1.54) is 38.0 Å². The highest BCUT2D eigenvalue weighted by molar-refractivity contribution is 7.99. The zero-order valence-electron chi connectivity index (χ0n) is 14.0. The van der Waals surface area contributed by atoms with Crippen molar-refractivity contribution in [3.8, 4) is 0 Å². The van der Waals surface area contributed by atoms with Crippen molar-refractivity contribution < 1.29 is 0 Å². The molecule has 0 heterocycles. The van der Waals surface area contributed by atoms with Gasteiger partial charge in [0.25, 0.3) is 0 Å². The van der Waals surface area contributed by atoms with Gasteiger partial charge in [-0.15, -0.1) is 0 Å². The Hall–Kier alpha value is 0.310. The summed E-state index contributed by atoms with van der Waals surface area (Å²) < 4.78 is 0. The Morgan fingerprint density at radius 2 is 1.89 bits per heavy atom. The molecule has 19 heavy (non-hydrogen) atoms. The molecule has 3 unspecified atom stereocenters. The highest BCUT2D eigenvalue weighted by Gasteiger charge is 2.35. The lowest BCUT2D eigenvalue weighted by Gasteiger charge is -2.42. The molecule has 0 radical (unpaired) electrons. The van der Waals surface area contributed by atoms with Gasteiger partial charge in [-0.3, -0.25) is 0 Å². The van der Waals surface area contributed by atoms with Crippen LogP contribution in [0.3, 0.4) is 0 Å². The summed E-state index contributed by atoms with van der Waals surface area (Å²) in [6, 6.07) is 0.752. The summed E-state index contributed by atoms with van der Waals surface area (Å²) in [5, 5.41) is 4.62. The van der Waals surface area contributed by atoms with E-state index in [2.05, 4.69) is 58.6 Å². The predicted octanol–water partition coefficient (Wildman–Crippen LogP) is 4.96. The molecule has 1 saturated carbocycles. The van der Waals surface area contributed by atoms with E-state index in [1.807, 2.05) is 0 Å². The molecule has 0 aromatic carbocycles. The molecule has 114 valence electrons. The van der Waals surface area contributed by atoms with Crippen LogP contribution >= 0.6 is 11.8 Å². The fourth-order valence-corrected chi connectivity index (χ4v) is 4.44. The molecule has 0 aromatic heterocycles. The molecule has 3 atom stereocenters. The average molecular weight is 286 g/mol. The highest BCUT2D eigenvalue weighted by Crippen LogP contribution is 2.41. The van der Waals surface area contributed by atoms with Crippen LogP contribution in [0.15, 0.2) is 0 Å². The third-order valence-electron chi connectivity index (χ3n) is 4.32. The monoisotopic (exact) mass is 285 g/mol. The molecule has 0 bridgehead atoms. The van der Waals surface area contributed by atoms with E-state index < -0.39 is 0 Å². The van der Waals surface area contributed by atoms with Gasteiger partial charge in [0.1, 0.15) is 0 Å². The topological polar surface area (TPSA) is 12.0 Å². The van der Waals surface area contributed by atoms with Crippen molar-refractivity contribution in [1.29, 1.82) is 0 Å². The minimum atomic E-state index is 0.479. The number of hydrogen-bond donors (Lipinski definition) is 1. The Morgan fingerprint density at radius 1 is 1.21 bits per heavy atom. The van der Waals surface area contributed by atoms with Crippen LogP contribution in [0.2, 0.25) is 0 Å². The Morgan fingerprint density at radius 3 is 2.42 bits per heavy atom. The lowest BCUT2D eigenvalue weighted by atomic mass is 9.71. The standard InChI is InChI=1S/C17H35NS/c1-7-10-18-15-9-8-14(17(4,5)6)11-16(15)19-12-13(2)3/h13-16,18H,7-12H2,1-6H3. The van der Waals surface area contributed by atoms with E-state index in [1.54, 1.807) is 0 Å². The first kappa shape index (κ1) is 17.4. The summed E-state index contributed by atoms with van der Waals surface area (Å²) in [6.45, 7) is 15.4. The van der Waals surface area contributed by atoms with E-state index in [0.29, 0.717) is 5.41 Å². The average Bonchev–Trinajstić information content (AvgIpc) is 2.33. The van der Waals surface area contributed by atoms with Crippen molar-refractivity contribution in [2.75, 3.05) is 12.3 Å². The molecular weight excluding hydrogens is 250 g/mol. The molecule has 1 N–H and O–H groups in total. The van der Waals surface area contributed by atoms with E-state index in [4.69, 9.17) is 0 Å². The third-order valence-corrected chi connectivity index (χ3v) is 6.12. The minimum Gasteiger partial charge on any atom is -0.313 e. The summed E-state index contributed by atoms with van der Waals surface area (Å²) >= 11 is 2.22. The molecular formula is C17H35NS. The van der Waals surface area contributed by atoms with E-state index in [-0.39, 0.29) is 0 Å². The van der Waals surface area contributed by atoms with Crippen molar-refractivity contribution in [2.24, 2.45) is 17.3 Å². The van der Waals surface area contributed by atoms with Gasteiger partial charge in [-0.25, -0.2) is 0 Å². The Bertz CT molecular complexity index is 244. The summed E-state index contributed by atoms with van der Waals surface area (Å²) in [5.74, 6) is 3.02. The largest absolute Gasteiger partial charge is 0.313 e. The van der Waals surface area contributed by atoms with Crippen LogP contribution in [0.5, 0.6) is 0 Å². The maximum atomic E-state index is 3.80. The SMILES string of the molecule is CCCNC1CCC(C(C)(C)C)CC1SCC(C)C. The maximum absolute atomic E-state index is 3.80. The van der Waals surface area contributed by atoms with Gasteiger partial charge in [0, 0.05) is 11.3 Å². The molecule has 1 fully saturated rings. The first-order valence-electron chi connectivity index (χ1n) is 8.19. The summed E-state index contributed by atoms with van der Waals surface area (Å²) in [4.78, 5) is 0. The second-order valence-electron chi connectivity index (χ2n) is 7.70. The number of rotatable bonds is 6. The molecule has 1 nitrogen and oxygen atoms in total. The van der Waals surface area contributed by atoms with E-state index in [0.717, 1.165) is 23.1 Å². The van der Waals surface area contributed by atoms with E-state index in [9.17, 15) is 0 Å². The molecule has 0 spiro atoms. The fraction of sp³-hybridized carbons (Fsp3) is 1.00. The normalized spacial score (nSPS) is 28.9. The Labute approximate surface area is 125 Å². The van der Waals surface area contributed by atoms with Crippen molar-refractivity contribution in [1.82, 2.24) is 5.32 Å². The van der Waals surface area contributed by atoms with Crippen LogP contribution in [0.4, 0.5) is 0 Å². The quantitative estimate of drug-likeness (QED) is 0.740. The first-order valence-corrected chi connectivity index (χ1v) is 9.24. The van der Waals surface area contributed by atoms with Crippen LogP contribution in [0.25, 0.3) is 0 Å². The molecule has 1 rings (SSSR count). The van der Waals surface area contributed by atoms with Gasteiger partial charge in [-0.1, -0.05) is 41.5 Å². The molecule has 0 aromatic rings. The van der Waals surface area contributed by atoms with Gasteiger partial charge in [0.15, 0.2) is 0 Å². The maximum Gasteiger partial charge on any atom is 0.0204 e. The Balaban J connectivity index is 2.57. The highest BCUT2D eigenvalue weighted by atomic mass is 32.2. The van der Waals surface area contributed by atoms with Gasteiger partial charge < -0.3 is 5.32 Å². The molecule has 0 aliphatic heterocycles. The summed E-state index contributed by atoms with van der Waals surface area (Å²) in [5.41, 5.74) is 0.479. The smallest absolute Gasteiger partial charge is 0.0204 e. The molecule has 1 aliphatic rings. The van der Waals surface area contributed by atoms with Gasteiger partial charge in [0.2, 0.25) is 0 Å². The minimum absolute atomic E-state index is 0.479. The molecule has 1 aliphatic carbocycles. The summed E-state index contributed by atoms with van der Waals surface area (Å²) in [6.07, 6.45) is 5.43. The molecule has 2 heteroatoms. The van der Waals surface area contributed by atoms with Crippen molar-refractivity contribution >= 4 is 11.8 Å². The zero-order chi connectivity index (χ0) is 14.5. The Kier molecular flexibility index (Phi) is 7.24. The van der Waals surface area contributed by atoms with Crippen LogP contribution < -0.4 is 5.32 Å². The number of hydrogen-bond acceptors (Lipinski definition) is 2. The zero-order valence-corrected chi connectivity index (χ0v) is 14.8. The lowest BCUT2D eigenvalue weighted by Crippen LogP contribution is -2.45. The van der Waals surface area contributed by atoms with Crippen LogP contribution in [0.1, 0.15) is 67.2 Å². The third kappa shape index (κ3) is 6.08.